The van der Waals surface area contributed by atoms with E-state index in [1.807, 2.05) is 51.2 Å². The summed E-state index contributed by atoms with van der Waals surface area (Å²) in [5, 5.41) is 10.1. The first-order valence-electron chi connectivity index (χ1n) is 11.6. The van der Waals surface area contributed by atoms with Gasteiger partial charge in [-0.15, -0.1) is 0 Å². The van der Waals surface area contributed by atoms with Crippen LogP contribution in [0.5, 0.6) is 0 Å². The lowest BCUT2D eigenvalue weighted by atomic mass is 9.95. The first kappa shape index (κ1) is 24.7. The normalized spacial score (nSPS) is 13.5. The van der Waals surface area contributed by atoms with E-state index in [9.17, 15) is 14.7 Å². The number of benzene rings is 1. The lowest BCUT2D eigenvalue weighted by molar-refractivity contribution is -0.153. The van der Waals surface area contributed by atoms with Gasteiger partial charge in [0.15, 0.2) is 0 Å². The monoisotopic (exact) mass is 453 g/mol. The molecule has 2 aromatic heterocycles. The van der Waals surface area contributed by atoms with E-state index in [1.165, 1.54) is 0 Å². The predicted octanol–water partition coefficient (Wildman–Crippen LogP) is 3.86. The van der Waals surface area contributed by atoms with Crippen LogP contribution < -0.4 is 5.56 Å². The summed E-state index contributed by atoms with van der Waals surface area (Å²) in [6, 6.07) is 8.02. The summed E-state index contributed by atoms with van der Waals surface area (Å²) < 4.78 is 9.08. The molecule has 2 atom stereocenters. The molecule has 3 aromatic rings. The van der Waals surface area contributed by atoms with E-state index in [1.54, 1.807) is 18.5 Å². The molecule has 7 nitrogen and oxygen atoms in total. The van der Waals surface area contributed by atoms with Crippen LogP contribution in [0.4, 0.5) is 0 Å². The molecule has 178 valence electrons. The Morgan fingerprint density at radius 1 is 1.21 bits per heavy atom. The highest BCUT2D eigenvalue weighted by atomic mass is 16.5. The van der Waals surface area contributed by atoms with Crippen molar-refractivity contribution >= 4 is 17.0 Å². The fourth-order valence-electron chi connectivity index (χ4n) is 4.11. The van der Waals surface area contributed by atoms with E-state index in [0.717, 1.165) is 34.5 Å². The number of carbonyl (C=O) groups excluding carboxylic acids is 1. The molecule has 1 N–H and O–H groups in total. The van der Waals surface area contributed by atoms with Crippen LogP contribution in [0.25, 0.3) is 22.4 Å². The Labute approximate surface area is 195 Å². The van der Waals surface area contributed by atoms with Gasteiger partial charge in [0.1, 0.15) is 5.82 Å². The smallest absolute Gasteiger partial charge is 0.311 e. The highest BCUT2D eigenvalue weighted by Gasteiger charge is 2.25. The van der Waals surface area contributed by atoms with Crippen LogP contribution in [0.1, 0.15) is 45.2 Å². The summed E-state index contributed by atoms with van der Waals surface area (Å²) in [6.45, 7) is 10.6. The van der Waals surface area contributed by atoms with Gasteiger partial charge in [-0.3, -0.25) is 9.59 Å². The summed E-state index contributed by atoms with van der Waals surface area (Å²) >= 11 is 0. The van der Waals surface area contributed by atoms with Crippen LogP contribution in [0.2, 0.25) is 0 Å². The van der Waals surface area contributed by atoms with E-state index in [-0.39, 0.29) is 17.4 Å². The molecule has 0 fully saturated rings. The van der Waals surface area contributed by atoms with Crippen molar-refractivity contribution in [3.8, 4) is 11.4 Å². The average Bonchev–Trinajstić information content (AvgIpc) is 3.13. The van der Waals surface area contributed by atoms with Gasteiger partial charge in [-0.25, -0.2) is 4.98 Å². The zero-order valence-electron chi connectivity index (χ0n) is 20.5. The quantitative estimate of drug-likeness (QED) is 0.497. The van der Waals surface area contributed by atoms with Crippen LogP contribution in [0.3, 0.4) is 0 Å². The Bertz CT molecular complexity index is 1160. The van der Waals surface area contributed by atoms with Crippen LogP contribution in [0.15, 0.2) is 35.3 Å². The minimum Gasteiger partial charge on any atom is -0.465 e. The fraction of sp³-hybridized carbons (Fsp3) is 0.500. The summed E-state index contributed by atoms with van der Waals surface area (Å²) in [5.41, 5.74) is 4.50. The average molecular weight is 454 g/mol. The van der Waals surface area contributed by atoms with Gasteiger partial charge in [0.25, 0.3) is 5.56 Å². The maximum atomic E-state index is 12.4. The fourth-order valence-corrected chi connectivity index (χ4v) is 4.11. The van der Waals surface area contributed by atoms with Crippen molar-refractivity contribution in [3.05, 3.63) is 51.9 Å². The zero-order valence-corrected chi connectivity index (χ0v) is 20.5. The van der Waals surface area contributed by atoms with Crippen molar-refractivity contribution < 1.29 is 14.6 Å². The second-order valence-electron chi connectivity index (χ2n) is 9.24. The summed E-state index contributed by atoms with van der Waals surface area (Å²) in [6.07, 6.45) is 2.18. The first-order valence-corrected chi connectivity index (χ1v) is 11.6. The lowest BCUT2D eigenvalue weighted by Crippen LogP contribution is -2.29. The van der Waals surface area contributed by atoms with E-state index in [2.05, 4.69) is 11.5 Å². The molecule has 0 aliphatic heterocycles. The van der Waals surface area contributed by atoms with Crippen molar-refractivity contribution in [2.24, 2.45) is 18.9 Å². The number of hydrogen-bond donors (Lipinski definition) is 1. The number of nitrogens with zero attached hydrogens (tertiary/aromatic N) is 3. The standard InChI is InChI=1S/C26H35N3O4/c1-7-29-23-11-9-19(8-10-21(18(5)30)26(32)33-15-16(2)3)13-22(23)27-24(29)20-12-17(4)25(31)28(6)14-20/h9,11-14,16,18,21,30H,7-8,10,15H2,1-6H3/t18-,21+/m1/s1. The number of rotatable bonds is 9. The van der Waals surface area contributed by atoms with Crippen molar-refractivity contribution in [3.63, 3.8) is 0 Å². The van der Waals surface area contributed by atoms with E-state index in [0.29, 0.717) is 25.0 Å². The van der Waals surface area contributed by atoms with Crippen molar-refractivity contribution in [1.29, 1.82) is 0 Å². The van der Waals surface area contributed by atoms with Gasteiger partial charge in [0, 0.05) is 30.9 Å². The summed E-state index contributed by atoms with van der Waals surface area (Å²) in [7, 11) is 1.75. The first-order chi connectivity index (χ1) is 15.6. The molecule has 0 spiro atoms. The maximum Gasteiger partial charge on any atom is 0.311 e. The van der Waals surface area contributed by atoms with Gasteiger partial charge in [-0.1, -0.05) is 19.9 Å². The number of aliphatic hydroxyl groups excluding tert-OH is 1. The molecule has 3 rings (SSSR count). The molecule has 0 radical (unpaired) electrons. The molecule has 1 aromatic carbocycles. The number of ether oxygens (including phenoxy) is 1. The molecule has 0 unspecified atom stereocenters. The van der Waals surface area contributed by atoms with E-state index in [4.69, 9.17) is 9.72 Å². The Morgan fingerprint density at radius 2 is 1.94 bits per heavy atom. The van der Waals surface area contributed by atoms with Crippen LogP contribution >= 0.6 is 0 Å². The Balaban J connectivity index is 1.87. The summed E-state index contributed by atoms with van der Waals surface area (Å²) in [5.74, 6) is 0.173. The predicted molar refractivity (Wildman–Crippen MR) is 130 cm³/mol. The number of aryl methyl sites for hydroxylation is 4. The lowest BCUT2D eigenvalue weighted by Gasteiger charge is -2.19. The van der Waals surface area contributed by atoms with Crippen molar-refractivity contribution in [1.82, 2.24) is 14.1 Å². The van der Waals surface area contributed by atoms with Gasteiger partial charge in [0.2, 0.25) is 0 Å². The maximum absolute atomic E-state index is 12.4. The number of aliphatic hydroxyl groups is 1. The number of imidazole rings is 1. The molecule has 0 bridgehead atoms. The SMILES string of the molecule is CCn1c(-c2cc(C)c(=O)n(C)c2)nc2cc(CC[C@H](C(=O)OCC(C)C)[C@@H](C)O)ccc21. The second-order valence-corrected chi connectivity index (χ2v) is 9.24. The Morgan fingerprint density at radius 3 is 2.55 bits per heavy atom. The van der Waals surface area contributed by atoms with Crippen molar-refractivity contribution in [2.45, 2.75) is 60.1 Å². The number of pyridine rings is 1. The topological polar surface area (TPSA) is 86.4 Å². The minimum absolute atomic E-state index is 0.0141. The summed E-state index contributed by atoms with van der Waals surface area (Å²) in [4.78, 5) is 29.4. The highest BCUT2D eigenvalue weighted by molar-refractivity contribution is 5.81. The molecule has 0 saturated carbocycles. The molecule has 0 aliphatic carbocycles. The third kappa shape index (κ3) is 5.53. The van der Waals surface area contributed by atoms with Crippen molar-refractivity contribution in [2.75, 3.05) is 6.61 Å². The molecule has 0 aliphatic rings. The van der Waals surface area contributed by atoms with Gasteiger partial charge >= 0.3 is 5.97 Å². The molecule has 33 heavy (non-hydrogen) atoms. The van der Waals surface area contributed by atoms with E-state index >= 15 is 0 Å². The number of fused-ring (bicyclic) bond motifs is 1. The number of hydrogen-bond acceptors (Lipinski definition) is 5. The Kier molecular flexibility index (Phi) is 7.74. The third-order valence-corrected chi connectivity index (χ3v) is 5.94. The van der Waals surface area contributed by atoms with Gasteiger partial charge in [0.05, 0.1) is 29.7 Å². The number of esters is 1. The van der Waals surface area contributed by atoms with Crippen LogP contribution in [-0.4, -0.2) is 37.9 Å². The van der Waals surface area contributed by atoms with E-state index < -0.39 is 12.0 Å². The molecular weight excluding hydrogens is 418 g/mol. The van der Waals surface area contributed by atoms with Crippen LogP contribution in [-0.2, 0) is 29.5 Å². The van der Waals surface area contributed by atoms with Crippen LogP contribution in [0, 0.1) is 18.8 Å². The van der Waals surface area contributed by atoms with Gasteiger partial charge < -0.3 is 19.0 Å². The molecule has 7 heteroatoms. The third-order valence-electron chi connectivity index (χ3n) is 5.94. The van der Waals surface area contributed by atoms with Gasteiger partial charge in [-0.2, -0.15) is 0 Å². The molecule has 0 amide bonds. The Hall–Kier alpha value is -2.93. The zero-order chi connectivity index (χ0) is 24.3. The molecule has 2 heterocycles. The highest BCUT2D eigenvalue weighted by Crippen LogP contribution is 2.26. The second kappa shape index (κ2) is 10.3. The minimum atomic E-state index is -0.771. The molecular formula is C26H35N3O4. The molecule has 0 saturated heterocycles. The number of aromatic nitrogens is 3. The largest absolute Gasteiger partial charge is 0.465 e. The van der Waals surface area contributed by atoms with Gasteiger partial charge in [-0.05, 0) is 63.3 Å². The number of carbonyl (C=O) groups is 1.